The van der Waals surface area contributed by atoms with Gasteiger partial charge in [-0.15, -0.1) is 0 Å². The molecule has 0 aliphatic carbocycles. The fraction of sp³-hybridized carbons (Fsp3) is 0.0714. The van der Waals surface area contributed by atoms with Gasteiger partial charge in [-0.3, -0.25) is 4.79 Å². The summed E-state index contributed by atoms with van der Waals surface area (Å²) in [4.78, 5) is 12.0. The highest BCUT2D eigenvalue weighted by Crippen LogP contribution is 2.23. The van der Waals surface area contributed by atoms with Crippen molar-refractivity contribution in [2.24, 2.45) is 0 Å². The highest BCUT2D eigenvalue weighted by molar-refractivity contribution is 14.1. The Labute approximate surface area is 129 Å². The second kappa shape index (κ2) is 5.88. The van der Waals surface area contributed by atoms with E-state index in [9.17, 15) is 9.18 Å². The summed E-state index contributed by atoms with van der Waals surface area (Å²) in [6, 6.07) is 9.59. The van der Waals surface area contributed by atoms with E-state index in [-0.39, 0.29) is 5.56 Å². The van der Waals surface area contributed by atoms with Gasteiger partial charge < -0.3 is 5.32 Å². The first-order valence-corrected chi connectivity index (χ1v) is 6.95. The Morgan fingerprint density at radius 1 is 1.26 bits per heavy atom. The first-order valence-electron chi connectivity index (χ1n) is 5.50. The largest absolute Gasteiger partial charge is 0.321 e. The summed E-state index contributed by atoms with van der Waals surface area (Å²) in [6.07, 6.45) is 0. The number of carbonyl (C=O) groups excluding carboxylic acids is 1. The maximum absolute atomic E-state index is 13.7. The van der Waals surface area contributed by atoms with Gasteiger partial charge in [0.2, 0.25) is 0 Å². The molecule has 5 heteroatoms. The summed E-state index contributed by atoms with van der Waals surface area (Å²) in [7, 11) is 0. The zero-order valence-electron chi connectivity index (χ0n) is 10.0. The SMILES string of the molecule is Cc1ccc(C(=O)Nc2ccc(Cl)cc2I)c(F)c1. The van der Waals surface area contributed by atoms with Crippen LogP contribution in [-0.2, 0) is 0 Å². The lowest BCUT2D eigenvalue weighted by Gasteiger charge is -2.08. The maximum Gasteiger partial charge on any atom is 0.258 e. The number of rotatable bonds is 2. The predicted octanol–water partition coefficient (Wildman–Crippen LogP) is 4.64. The van der Waals surface area contributed by atoms with Crippen molar-refractivity contribution >= 4 is 45.8 Å². The molecule has 0 bridgehead atoms. The average molecular weight is 390 g/mol. The molecule has 0 aliphatic rings. The summed E-state index contributed by atoms with van der Waals surface area (Å²) in [5.41, 5.74) is 1.40. The van der Waals surface area contributed by atoms with Gasteiger partial charge >= 0.3 is 0 Å². The van der Waals surface area contributed by atoms with E-state index in [0.29, 0.717) is 10.7 Å². The molecular weight excluding hydrogens is 380 g/mol. The van der Waals surface area contributed by atoms with Crippen LogP contribution in [0.25, 0.3) is 0 Å². The molecule has 2 aromatic carbocycles. The van der Waals surface area contributed by atoms with Gasteiger partial charge in [-0.2, -0.15) is 0 Å². The number of anilines is 1. The van der Waals surface area contributed by atoms with E-state index in [0.717, 1.165) is 9.13 Å². The zero-order chi connectivity index (χ0) is 14.0. The molecule has 0 heterocycles. The molecule has 0 radical (unpaired) electrons. The molecule has 0 saturated heterocycles. The van der Waals surface area contributed by atoms with E-state index in [2.05, 4.69) is 27.9 Å². The number of halogens is 3. The van der Waals surface area contributed by atoms with Gasteiger partial charge in [0.05, 0.1) is 11.3 Å². The van der Waals surface area contributed by atoms with E-state index in [4.69, 9.17) is 11.6 Å². The normalized spacial score (nSPS) is 10.3. The van der Waals surface area contributed by atoms with E-state index in [1.54, 1.807) is 31.2 Å². The zero-order valence-corrected chi connectivity index (χ0v) is 12.9. The van der Waals surface area contributed by atoms with E-state index in [1.807, 2.05) is 0 Å². The molecule has 19 heavy (non-hydrogen) atoms. The standard InChI is InChI=1S/C14H10ClFINO/c1-8-2-4-10(11(16)6-8)14(19)18-13-5-3-9(15)7-12(13)17/h2-7H,1H3,(H,18,19). The van der Waals surface area contributed by atoms with Crippen molar-refractivity contribution in [2.45, 2.75) is 6.92 Å². The molecule has 2 nitrogen and oxygen atoms in total. The highest BCUT2D eigenvalue weighted by atomic mass is 127. The first kappa shape index (κ1) is 14.3. The quantitative estimate of drug-likeness (QED) is 0.745. The monoisotopic (exact) mass is 389 g/mol. The molecule has 1 amide bonds. The van der Waals surface area contributed by atoms with Gasteiger partial charge in [0, 0.05) is 8.59 Å². The Hall–Kier alpha value is -1.14. The molecule has 0 fully saturated rings. The molecule has 1 N–H and O–H groups in total. The van der Waals surface area contributed by atoms with Gasteiger partial charge in [0.1, 0.15) is 5.82 Å². The summed E-state index contributed by atoms with van der Waals surface area (Å²) < 4.78 is 14.5. The Morgan fingerprint density at radius 2 is 2.00 bits per heavy atom. The topological polar surface area (TPSA) is 29.1 Å². The average Bonchev–Trinajstić information content (AvgIpc) is 2.32. The number of amides is 1. The number of aryl methyl sites for hydroxylation is 1. The third-order valence-electron chi connectivity index (χ3n) is 2.55. The van der Waals surface area contributed by atoms with E-state index >= 15 is 0 Å². The summed E-state index contributed by atoms with van der Waals surface area (Å²) in [6.45, 7) is 1.77. The predicted molar refractivity (Wildman–Crippen MR) is 83.3 cm³/mol. The van der Waals surface area contributed by atoms with Crippen molar-refractivity contribution < 1.29 is 9.18 Å². The lowest BCUT2D eigenvalue weighted by Crippen LogP contribution is -2.14. The summed E-state index contributed by atoms with van der Waals surface area (Å²) in [5, 5.41) is 3.26. The Kier molecular flexibility index (Phi) is 4.42. The molecule has 2 aromatic rings. The second-order valence-corrected chi connectivity index (χ2v) is 5.66. The van der Waals surface area contributed by atoms with Crippen LogP contribution in [0.4, 0.5) is 10.1 Å². The van der Waals surface area contributed by atoms with Crippen molar-refractivity contribution in [1.82, 2.24) is 0 Å². The summed E-state index contributed by atoms with van der Waals surface area (Å²) >= 11 is 7.90. The molecule has 98 valence electrons. The first-order chi connectivity index (χ1) is 8.97. The number of benzene rings is 2. The van der Waals surface area contributed by atoms with Crippen LogP contribution in [0.3, 0.4) is 0 Å². The molecule has 0 spiro atoms. The van der Waals surface area contributed by atoms with Gasteiger partial charge in [0.25, 0.3) is 5.91 Å². The van der Waals surface area contributed by atoms with Crippen molar-refractivity contribution in [3.63, 3.8) is 0 Å². The van der Waals surface area contributed by atoms with Crippen molar-refractivity contribution in [1.29, 1.82) is 0 Å². The van der Waals surface area contributed by atoms with Gasteiger partial charge in [-0.25, -0.2) is 4.39 Å². The van der Waals surface area contributed by atoms with Crippen LogP contribution in [0, 0.1) is 16.3 Å². The lowest BCUT2D eigenvalue weighted by molar-refractivity contribution is 0.102. The molecular formula is C14H10ClFINO. The molecule has 2 rings (SSSR count). The molecule has 0 saturated carbocycles. The smallest absolute Gasteiger partial charge is 0.258 e. The number of hydrogen-bond donors (Lipinski definition) is 1. The van der Waals surface area contributed by atoms with Crippen molar-refractivity contribution in [3.05, 3.63) is 61.9 Å². The van der Waals surface area contributed by atoms with Gasteiger partial charge in [-0.1, -0.05) is 17.7 Å². The molecule has 0 aliphatic heterocycles. The van der Waals surface area contributed by atoms with Crippen molar-refractivity contribution in [3.8, 4) is 0 Å². The van der Waals surface area contributed by atoms with Crippen LogP contribution in [0.2, 0.25) is 5.02 Å². The second-order valence-electron chi connectivity index (χ2n) is 4.06. The lowest BCUT2D eigenvalue weighted by atomic mass is 10.1. The van der Waals surface area contributed by atoms with E-state index in [1.165, 1.54) is 12.1 Å². The van der Waals surface area contributed by atoms with Gasteiger partial charge in [-0.05, 0) is 65.4 Å². The van der Waals surface area contributed by atoms with E-state index < -0.39 is 11.7 Å². The van der Waals surface area contributed by atoms with Crippen LogP contribution in [-0.4, -0.2) is 5.91 Å². The van der Waals surface area contributed by atoms with Crippen LogP contribution in [0.1, 0.15) is 15.9 Å². The number of carbonyl (C=O) groups is 1. The molecule has 0 unspecified atom stereocenters. The number of hydrogen-bond acceptors (Lipinski definition) is 1. The molecule has 0 aromatic heterocycles. The molecule has 0 atom stereocenters. The van der Waals surface area contributed by atoms with Crippen LogP contribution < -0.4 is 5.32 Å². The minimum atomic E-state index is -0.526. The maximum atomic E-state index is 13.7. The van der Waals surface area contributed by atoms with Gasteiger partial charge in [0.15, 0.2) is 0 Å². The minimum absolute atomic E-state index is 0.0244. The Bertz CT molecular complexity index is 645. The van der Waals surface area contributed by atoms with Crippen LogP contribution in [0.15, 0.2) is 36.4 Å². The fourth-order valence-corrected chi connectivity index (χ4v) is 2.59. The van der Waals surface area contributed by atoms with Crippen LogP contribution >= 0.6 is 34.2 Å². The van der Waals surface area contributed by atoms with Crippen molar-refractivity contribution in [2.75, 3.05) is 5.32 Å². The Morgan fingerprint density at radius 3 is 2.63 bits per heavy atom. The number of nitrogens with one attached hydrogen (secondary N) is 1. The van der Waals surface area contributed by atoms with Crippen LogP contribution in [0.5, 0.6) is 0 Å². The minimum Gasteiger partial charge on any atom is -0.321 e. The summed E-state index contributed by atoms with van der Waals surface area (Å²) in [5.74, 6) is -1.00. The third-order valence-corrected chi connectivity index (χ3v) is 3.68. The fourth-order valence-electron chi connectivity index (χ4n) is 1.58. The highest BCUT2D eigenvalue weighted by Gasteiger charge is 2.13. The third kappa shape index (κ3) is 3.45. The Balaban J connectivity index is 2.25.